The summed E-state index contributed by atoms with van der Waals surface area (Å²) in [5, 5.41) is 0. The van der Waals surface area contributed by atoms with Crippen molar-refractivity contribution in [3.8, 4) is 5.75 Å². The highest BCUT2D eigenvalue weighted by Crippen LogP contribution is 2.37. The Morgan fingerprint density at radius 2 is 1.93 bits per heavy atom. The molecule has 0 N–H and O–H groups in total. The average Bonchev–Trinajstić information content (AvgIpc) is 2.15. The first kappa shape index (κ1) is 10.3. The van der Waals surface area contributed by atoms with Crippen molar-refractivity contribution >= 4 is 5.69 Å². The Kier molecular flexibility index (Phi) is 2.37. The molecule has 2 nitrogen and oxygen atoms in total. The summed E-state index contributed by atoms with van der Waals surface area (Å²) in [6.45, 7) is 9.71. The summed E-state index contributed by atoms with van der Waals surface area (Å²) in [5.74, 6) is 1.01. The molecule has 0 saturated heterocycles. The number of anilines is 1. The van der Waals surface area contributed by atoms with Gasteiger partial charge in [0.2, 0.25) is 0 Å². The smallest absolute Gasteiger partial charge is 0.142 e. The second kappa shape index (κ2) is 3.44. The summed E-state index contributed by atoms with van der Waals surface area (Å²) in [6, 6.07) is 8.70. The van der Waals surface area contributed by atoms with E-state index in [4.69, 9.17) is 4.74 Å². The molecule has 82 valence electrons. The molecule has 0 radical (unpaired) electrons. The molecule has 0 spiro atoms. The van der Waals surface area contributed by atoms with Crippen LogP contribution in [-0.4, -0.2) is 18.2 Å². The van der Waals surface area contributed by atoms with Crippen molar-refractivity contribution in [3.63, 3.8) is 0 Å². The number of benzene rings is 1. The molecule has 1 aliphatic heterocycles. The van der Waals surface area contributed by atoms with Crippen molar-refractivity contribution in [2.24, 2.45) is 0 Å². The van der Waals surface area contributed by atoms with Gasteiger partial charge in [0.1, 0.15) is 12.4 Å². The first-order valence-electron chi connectivity index (χ1n) is 5.51. The summed E-state index contributed by atoms with van der Waals surface area (Å²) in [7, 11) is 0. The van der Waals surface area contributed by atoms with Crippen LogP contribution >= 0.6 is 0 Å². The van der Waals surface area contributed by atoms with Gasteiger partial charge >= 0.3 is 0 Å². The fourth-order valence-corrected chi connectivity index (χ4v) is 2.32. The van der Waals surface area contributed by atoms with E-state index in [0.717, 1.165) is 12.4 Å². The SMILES string of the molecule is CC1COc2ccccc2N1C(C)(C)C. The first-order chi connectivity index (χ1) is 7.00. The van der Waals surface area contributed by atoms with E-state index in [2.05, 4.69) is 44.7 Å². The van der Waals surface area contributed by atoms with Crippen LogP contribution in [0, 0.1) is 0 Å². The molecular formula is C13H19NO. The molecule has 2 heteroatoms. The zero-order valence-electron chi connectivity index (χ0n) is 9.95. The minimum Gasteiger partial charge on any atom is -0.489 e. The second-order valence-corrected chi connectivity index (χ2v) is 5.17. The molecule has 1 aliphatic rings. The fraction of sp³-hybridized carbons (Fsp3) is 0.538. The van der Waals surface area contributed by atoms with Crippen LogP contribution < -0.4 is 9.64 Å². The molecule has 1 aromatic rings. The van der Waals surface area contributed by atoms with E-state index >= 15 is 0 Å². The quantitative estimate of drug-likeness (QED) is 0.645. The van der Waals surface area contributed by atoms with Gasteiger partial charge in [0, 0.05) is 5.54 Å². The van der Waals surface area contributed by atoms with Gasteiger partial charge in [0.25, 0.3) is 0 Å². The Hall–Kier alpha value is -1.18. The molecule has 1 unspecified atom stereocenters. The molecule has 0 bridgehead atoms. The van der Waals surface area contributed by atoms with Gasteiger partial charge in [0.05, 0.1) is 11.7 Å². The predicted molar refractivity (Wildman–Crippen MR) is 63.6 cm³/mol. The summed E-state index contributed by atoms with van der Waals surface area (Å²) in [6.07, 6.45) is 0. The predicted octanol–water partition coefficient (Wildman–Crippen LogP) is 3.07. The highest BCUT2D eigenvalue weighted by Gasteiger charge is 2.31. The minimum atomic E-state index is 0.138. The molecule has 0 fully saturated rings. The van der Waals surface area contributed by atoms with Gasteiger partial charge in [-0.1, -0.05) is 12.1 Å². The third kappa shape index (κ3) is 1.81. The standard InChI is InChI=1S/C13H19NO/c1-10-9-15-12-8-6-5-7-11(12)14(10)13(2,3)4/h5-8,10H,9H2,1-4H3. The number of para-hydroxylation sites is 2. The lowest BCUT2D eigenvalue weighted by Crippen LogP contribution is -2.51. The Morgan fingerprint density at radius 1 is 1.27 bits per heavy atom. The maximum atomic E-state index is 5.72. The van der Waals surface area contributed by atoms with Crippen LogP contribution in [-0.2, 0) is 0 Å². The van der Waals surface area contributed by atoms with Gasteiger partial charge in [0.15, 0.2) is 0 Å². The molecule has 2 rings (SSSR count). The minimum absolute atomic E-state index is 0.138. The van der Waals surface area contributed by atoms with Gasteiger partial charge < -0.3 is 9.64 Å². The van der Waals surface area contributed by atoms with Gasteiger partial charge in [-0.3, -0.25) is 0 Å². The van der Waals surface area contributed by atoms with Crippen LogP contribution in [0.4, 0.5) is 5.69 Å². The molecule has 1 atom stereocenters. The lowest BCUT2D eigenvalue weighted by molar-refractivity contribution is 0.248. The van der Waals surface area contributed by atoms with Crippen LogP contribution in [0.15, 0.2) is 24.3 Å². The highest BCUT2D eigenvalue weighted by atomic mass is 16.5. The van der Waals surface area contributed by atoms with Crippen LogP contribution in [0.25, 0.3) is 0 Å². The molecule has 0 saturated carbocycles. The van der Waals surface area contributed by atoms with Crippen LogP contribution in [0.1, 0.15) is 27.7 Å². The summed E-state index contributed by atoms with van der Waals surface area (Å²) in [4.78, 5) is 2.44. The molecule has 1 heterocycles. The average molecular weight is 205 g/mol. The largest absolute Gasteiger partial charge is 0.489 e. The monoisotopic (exact) mass is 205 g/mol. The van der Waals surface area contributed by atoms with Crippen LogP contribution in [0.5, 0.6) is 5.75 Å². The lowest BCUT2D eigenvalue weighted by atomic mass is 10.0. The first-order valence-corrected chi connectivity index (χ1v) is 5.51. The van der Waals surface area contributed by atoms with Crippen LogP contribution in [0.3, 0.4) is 0 Å². The maximum absolute atomic E-state index is 5.72. The Balaban J connectivity index is 2.46. The van der Waals surface area contributed by atoms with Gasteiger partial charge in [-0.2, -0.15) is 0 Å². The normalized spacial score (nSPS) is 20.8. The molecule has 0 amide bonds. The Morgan fingerprint density at radius 3 is 2.60 bits per heavy atom. The highest BCUT2D eigenvalue weighted by molar-refractivity contribution is 5.61. The van der Waals surface area contributed by atoms with E-state index in [1.54, 1.807) is 0 Å². The molecule has 1 aromatic carbocycles. The zero-order valence-corrected chi connectivity index (χ0v) is 9.95. The van der Waals surface area contributed by atoms with E-state index < -0.39 is 0 Å². The van der Waals surface area contributed by atoms with Gasteiger partial charge in [-0.25, -0.2) is 0 Å². The molecule has 15 heavy (non-hydrogen) atoms. The number of nitrogens with zero attached hydrogens (tertiary/aromatic N) is 1. The van der Waals surface area contributed by atoms with E-state index in [1.807, 2.05) is 12.1 Å². The molecular weight excluding hydrogens is 186 g/mol. The topological polar surface area (TPSA) is 12.5 Å². The Bertz CT molecular complexity index is 354. The molecule has 0 aromatic heterocycles. The van der Waals surface area contributed by atoms with Crippen molar-refractivity contribution < 1.29 is 4.74 Å². The summed E-state index contributed by atoms with van der Waals surface area (Å²) >= 11 is 0. The zero-order chi connectivity index (χ0) is 11.1. The lowest BCUT2D eigenvalue weighted by Gasteiger charge is -2.45. The van der Waals surface area contributed by atoms with Crippen molar-refractivity contribution in [1.29, 1.82) is 0 Å². The molecule has 0 aliphatic carbocycles. The summed E-state index contributed by atoms with van der Waals surface area (Å²) in [5.41, 5.74) is 1.35. The van der Waals surface area contributed by atoms with Gasteiger partial charge in [-0.15, -0.1) is 0 Å². The van der Waals surface area contributed by atoms with E-state index in [9.17, 15) is 0 Å². The van der Waals surface area contributed by atoms with Crippen molar-refractivity contribution in [2.75, 3.05) is 11.5 Å². The Labute approximate surface area is 91.9 Å². The summed E-state index contributed by atoms with van der Waals surface area (Å²) < 4.78 is 5.72. The number of fused-ring (bicyclic) bond motifs is 1. The third-order valence-electron chi connectivity index (χ3n) is 2.77. The number of ether oxygens (including phenoxy) is 1. The number of rotatable bonds is 0. The number of hydrogen-bond donors (Lipinski definition) is 0. The maximum Gasteiger partial charge on any atom is 0.142 e. The van der Waals surface area contributed by atoms with Crippen molar-refractivity contribution in [3.05, 3.63) is 24.3 Å². The van der Waals surface area contributed by atoms with E-state index in [0.29, 0.717) is 6.04 Å². The second-order valence-electron chi connectivity index (χ2n) is 5.17. The van der Waals surface area contributed by atoms with Gasteiger partial charge in [-0.05, 0) is 39.8 Å². The van der Waals surface area contributed by atoms with Crippen molar-refractivity contribution in [1.82, 2.24) is 0 Å². The number of hydrogen-bond acceptors (Lipinski definition) is 2. The fourth-order valence-electron chi connectivity index (χ4n) is 2.32. The van der Waals surface area contributed by atoms with Crippen molar-refractivity contribution in [2.45, 2.75) is 39.3 Å². The van der Waals surface area contributed by atoms with Crippen LogP contribution in [0.2, 0.25) is 0 Å². The third-order valence-corrected chi connectivity index (χ3v) is 2.77. The van der Waals surface area contributed by atoms with E-state index in [-0.39, 0.29) is 5.54 Å². The van der Waals surface area contributed by atoms with E-state index in [1.165, 1.54) is 5.69 Å².